The summed E-state index contributed by atoms with van der Waals surface area (Å²) in [7, 11) is -1.43. The average molecular weight is 366 g/mol. The molecule has 2 atom stereocenters. The zero-order valence-corrected chi connectivity index (χ0v) is 15.8. The van der Waals surface area contributed by atoms with Gasteiger partial charge in [-0.25, -0.2) is 0 Å². The second kappa shape index (κ2) is 7.90. The first-order valence-corrected chi connectivity index (χ1v) is 10.4. The summed E-state index contributed by atoms with van der Waals surface area (Å²) in [5.41, 5.74) is 0.256. The largest absolute Gasteiger partial charge is 0.497 e. The first-order chi connectivity index (χ1) is 12.6. The molecule has 0 heterocycles. The molecule has 3 aromatic rings. The van der Waals surface area contributed by atoms with Gasteiger partial charge in [-0.1, -0.05) is 79.7 Å². The molecule has 134 valence electrons. The van der Waals surface area contributed by atoms with Crippen molar-refractivity contribution in [2.24, 2.45) is 0 Å². The minimum Gasteiger partial charge on any atom is -0.497 e. The second-order valence-corrected chi connectivity index (χ2v) is 9.45. The van der Waals surface area contributed by atoms with Crippen LogP contribution in [0.15, 0.2) is 84.9 Å². The Morgan fingerprint density at radius 3 is 1.69 bits per heavy atom. The fraction of sp³-hybridized carbons (Fsp3) is 0.182. The minimum absolute atomic E-state index is 0.472. The predicted octanol–water partition coefficient (Wildman–Crippen LogP) is 4.13. The molecule has 0 aliphatic rings. The Labute approximate surface area is 154 Å². The molecule has 0 aliphatic carbocycles. The van der Waals surface area contributed by atoms with Crippen molar-refractivity contribution in [3.05, 3.63) is 90.5 Å². The Kier molecular flexibility index (Phi) is 5.61. The summed E-state index contributed by atoms with van der Waals surface area (Å²) in [6.07, 6.45) is -0.854. The highest BCUT2D eigenvalue weighted by Crippen LogP contribution is 2.52. The first kappa shape index (κ1) is 18.4. The van der Waals surface area contributed by atoms with E-state index >= 15 is 0 Å². The average Bonchev–Trinajstić information content (AvgIpc) is 2.73. The molecule has 4 heteroatoms. The first-order valence-electron chi connectivity index (χ1n) is 8.60. The van der Waals surface area contributed by atoms with Crippen LogP contribution in [0.1, 0.15) is 18.6 Å². The van der Waals surface area contributed by atoms with E-state index in [1.54, 1.807) is 19.2 Å². The zero-order chi connectivity index (χ0) is 18.6. The van der Waals surface area contributed by atoms with Crippen LogP contribution in [0.25, 0.3) is 0 Å². The molecular formula is C22H23O3P. The molecule has 0 amide bonds. The van der Waals surface area contributed by atoms with E-state index in [-0.39, 0.29) is 0 Å². The number of hydrogen-bond acceptors (Lipinski definition) is 3. The molecule has 3 nitrogen and oxygen atoms in total. The van der Waals surface area contributed by atoms with Gasteiger partial charge in [-0.15, -0.1) is 0 Å². The van der Waals surface area contributed by atoms with Gasteiger partial charge in [-0.2, -0.15) is 0 Å². The predicted molar refractivity (Wildman–Crippen MR) is 107 cm³/mol. The topological polar surface area (TPSA) is 46.5 Å². The van der Waals surface area contributed by atoms with Crippen molar-refractivity contribution in [2.75, 3.05) is 7.11 Å². The van der Waals surface area contributed by atoms with E-state index in [1.165, 1.54) is 0 Å². The van der Waals surface area contributed by atoms with E-state index in [1.807, 2.05) is 79.7 Å². The molecule has 0 bridgehead atoms. The Hall–Kier alpha value is -2.35. The van der Waals surface area contributed by atoms with E-state index in [0.717, 1.165) is 21.9 Å². The number of hydrogen-bond donors (Lipinski definition) is 1. The number of rotatable bonds is 6. The van der Waals surface area contributed by atoms with Crippen LogP contribution in [0.3, 0.4) is 0 Å². The maximum Gasteiger partial charge on any atom is 0.148 e. The Morgan fingerprint density at radius 1 is 0.808 bits per heavy atom. The smallest absolute Gasteiger partial charge is 0.148 e. The van der Waals surface area contributed by atoms with Gasteiger partial charge in [0.1, 0.15) is 12.9 Å². The van der Waals surface area contributed by atoms with Gasteiger partial charge < -0.3 is 14.4 Å². The van der Waals surface area contributed by atoms with Crippen molar-refractivity contribution in [3.63, 3.8) is 0 Å². The SMILES string of the molecule is COc1ccc([C@H](O)[C@@H](C)P(=O)(c2ccccc2)c2ccccc2)cc1. The van der Waals surface area contributed by atoms with Crippen LogP contribution in [0.4, 0.5) is 0 Å². The lowest BCUT2D eigenvalue weighted by Crippen LogP contribution is -2.28. The van der Waals surface area contributed by atoms with Crippen molar-refractivity contribution in [3.8, 4) is 5.75 Å². The number of ether oxygens (including phenoxy) is 1. The third-order valence-corrected chi connectivity index (χ3v) is 8.33. The van der Waals surface area contributed by atoms with Gasteiger partial charge in [-0.05, 0) is 17.7 Å². The fourth-order valence-electron chi connectivity index (χ4n) is 3.20. The van der Waals surface area contributed by atoms with Crippen molar-refractivity contribution in [1.82, 2.24) is 0 Å². The van der Waals surface area contributed by atoms with E-state index in [0.29, 0.717) is 0 Å². The van der Waals surface area contributed by atoms with Crippen molar-refractivity contribution < 1.29 is 14.4 Å². The Bertz CT molecular complexity index is 833. The lowest BCUT2D eigenvalue weighted by molar-refractivity contribution is 0.176. The number of benzene rings is 3. The molecular weight excluding hydrogens is 343 g/mol. The molecule has 0 aromatic heterocycles. The molecule has 0 fully saturated rings. The summed E-state index contributed by atoms with van der Waals surface area (Å²) >= 11 is 0. The highest BCUT2D eigenvalue weighted by atomic mass is 31.2. The highest BCUT2D eigenvalue weighted by molar-refractivity contribution is 7.79. The summed E-state index contributed by atoms with van der Waals surface area (Å²) in [5, 5.41) is 12.5. The van der Waals surface area contributed by atoms with Crippen molar-refractivity contribution >= 4 is 17.8 Å². The Morgan fingerprint density at radius 2 is 1.27 bits per heavy atom. The van der Waals surface area contributed by atoms with Crippen LogP contribution >= 0.6 is 7.14 Å². The monoisotopic (exact) mass is 366 g/mol. The van der Waals surface area contributed by atoms with Gasteiger partial charge >= 0.3 is 0 Å². The van der Waals surface area contributed by atoms with Gasteiger partial charge in [0, 0.05) is 16.3 Å². The zero-order valence-electron chi connectivity index (χ0n) is 14.9. The maximum atomic E-state index is 14.3. The van der Waals surface area contributed by atoms with E-state index in [2.05, 4.69) is 0 Å². The van der Waals surface area contributed by atoms with Gasteiger partial charge in [0.05, 0.1) is 13.2 Å². The third-order valence-electron chi connectivity index (χ3n) is 4.77. The summed E-state index contributed by atoms with van der Waals surface area (Å²) in [4.78, 5) is 0. The third kappa shape index (κ3) is 3.46. The lowest BCUT2D eigenvalue weighted by atomic mass is 10.1. The number of aliphatic hydroxyl groups is 1. The van der Waals surface area contributed by atoms with Gasteiger partial charge in [0.15, 0.2) is 0 Å². The number of aliphatic hydroxyl groups excluding tert-OH is 1. The molecule has 0 unspecified atom stereocenters. The quantitative estimate of drug-likeness (QED) is 0.667. The normalized spacial score (nSPS) is 13.8. The van der Waals surface area contributed by atoms with Crippen LogP contribution in [0.5, 0.6) is 5.75 Å². The van der Waals surface area contributed by atoms with Crippen LogP contribution < -0.4 is 15.3 Å². The summed E-state index contributed by atoms with van der Waals surface area (Å²) in [6.45, 7) is 1.86. The molecule has 0 saturated carbocycles. The second-order valence-electron chi connectivity index (χ2n) is 6.29. The number of methoxy groups -OCH3 is 1. The van der Waals surface area contributed by atoms with Crippen LogP contribution in [-0.2, 0) is 4.57 Å². The fourth-order valence-corrected chi connectivity index (χ4v) is 6.24. The summed E-state index contributed by atoms with van der Waals surface area (Å²) in [5.74, 6) is 0.725. The molecule has 0 aliphatic heterocycles. The van der Waals surface area contributed by atoms with Crippen LogP contribution in [-0.4, -0.2) is 17.9 Å². The highest BCUT2D eigenvalue weighted by Gasteiger charge is 2.38. The van der Waals surface area contributed by atoms with E-state index < -0.39 is 18.9 Å². The summed E-state index contributed by atoms with van der Waals surface area (Å²) < 4.78 is 19.4. The molecule has 26 heavy (non-hydrogen) atoms. The Balaban J connectivity index is 2.05. The van der Waals surface area contributed by atoms with Crippen molar-refractivity contribution in [2.45, 2.75) is 18.7 Å². The minimum atomic E-state index is -3.04. The van der Waals surface area contributed by atoms with E-state index in [9.17, 15) is 9.67 Å². The van der Waals surface area contributed by atoms with Gasteiger partial charge in [0.2, 0.25) is 0 Å². The maximum absolute atomic E-state index is 14.3. The standard InChI is InChI=1S/C22H23O3P/c1-17(22(23)18-13-15-19(25-2)16-14-18)26(24,20-9-5-3-6-10-20)21-11-7-4-8-12-21/h3-17,22-23H,1-2H3/t17-,22-/m1/s1. The van der Waals surface area contributed by atoms with Crippen LogP contribution in [0.2, 0.25) is 0 Å². The molecule has 1 N–H and O–H groups in total. The molecule has 3 aromatic carbocycles. The molecule has 0 spiro atoms. The lowest BCUT2D eigenvalue weighted by Gasteiger charge is -2.29. The molecule has 0 radical (unpaired) electrons. The van der Waals surface area contributed by atoms with Gasteiger partial charge in [-0.3, -0.25) is 0 Å². The van der Waals surface area contributed by atoms with Crippen molar-refractivity contribution in [1.29, 1.82) is 0 Å². The van der Waals surface area contributed by atoms with Gasteiger partial charge in [0.25, 0.3) is 0 Å². The van der Waals surface area contributed by atoms with Crippen LogP contribution in [0, 0.1) is 0 Å². The van der Waals surface area contributed by atoms with E-state index in [4.69, 9.17) is 4.74 Å². The summed E-state index contributed by atoms with van der Waals surface area (Å²) in [6, 6.07) is 26.1. The molecule has 3 rings (SSSR count). The molecule has 0 saturated heterocycles.